The molecule has 2 nitrogen and oxygen atoms in total. The normalized spacial score (nSPS) is 25.1. The molecule has 0 spiro atoms. The van der Waals surface area contributed by atoms with Crippen LogP contribution in [0.15, 0.2) is 11.4 Å². The zero-order valence-electron chi connectivity index (χ0n) is 9.74. The van der Waals surface area contributed by atoms with Crippen LogP contribution in [-0.2, 0) is 6.54 Å². The second-order valence-corrected chi connectivity index (χ2v) is 6.73. The van der Waals surface area contributed by atoms with Crippen molar-refractivity contribution < 1.29 is 0 Å². The minimum atomic E-state index is 0.687. The van der Waals surface area contributed by atoms with Gasteiger partial charge < -0.3 is 11.1 Å². The van der Waals surface area contributed by atoms with Crippen molar-refractivity contribution in [2.24, 2.45) is 0 Å². The highest BCUT2D eigenvalue weighted by molar-refractivity contribution is 7.99. The Morgan fingerprint density at radius 3 is 3.12 bits per heavy atom. The van der Waals surface area contributed by atoms with E-state index in [1.54, 1.807) is 11.3 Å². The zero-order chi connectivity index (χ0) is 11.4. The molecule has 2 unspecified atom stereocenters. The van der Waals surface area contributed by atoms with Crippen molar-refractivity contribution in [3.8, 4) is 0 Å². The third kappa shape index (κ3) is 2.93. The molecule has 16 heavy (non-hydrogen) atoms. The first-order valence-corrected chi connectivity index (χ1v) is 7.91. The first-order valence-electron chi connectivity index (χ1n) is 5.98. The van der Waals surface area contributed by atoms with Crippen molar-refractivity contribution in [1.29, 1.82) is 0 Å². The molecule has 4 heteroatoms. The Bertz CT molecular complexity index is 325. The molecule has 1 heterocycles. The molecule has 0 aromatic carbocycles. The van der Waals surface area contributed by atoms with Gasteiger partial charge in [-0.2, -0.15) is 11.8 Å². The second-order valence-electron chi connectivity index (χ2n) is 4.21. The third-order valence-corrected chi connectivity index (χ3v) is 5.40. The van der Waals surface area contributed by atoms with E-state index in [2.05, 4.69) is 29.4 Å². The van der Waals surface area contributed by atoms with Crippen LogP contribution in [0.1, 0.15) is 31.1 Å². The van der Waals surface area contributed by atoms with Crippen LogP contribution in [-0.4, -0.2) is 17.0 Å². The van der Waals surface area contributed by atoms with Crippen molar-refractivity contribution >= 4 is 28.8 Å². The molecule has 90 valence electrons. The Morgan fingerprint density at radius 2 is 2.44 bits per heavy atom. The zero-order valence-corrected chi connectivity index (χ0v) is 11.4. The Kier molecular flexibility index (Phi) is 4.55. The number of anilines is 1. The number of hydrogen-bond donors (Lipinski definition) is 2. The smallest absolute Gasteiger partial charge is 0.0468 e. The van der Waals surface area contributed by atoms with E-state index in [9.17, 15) is 0 Å². The number of thioether (sulfide) groups is 1. The highest BCUT2D eigenvalue weighted by Gasteiger charge is 2.26. The number of nitrogen functional groups attached to an aromatic ring is 1. The van der Waals surface area contributed by atoms with Crippen LogP contribution in [0.3, 0.4) is 0 Å². The average Bonchev–Trinajstić information content (AvgIpc) is 2.86. The van der Waals surface area contributed by atoms with E-state index in [0.29, 0.717) is 6.04 Å². The fourth-order valence-corrected chi connectivity index (χ4v) is 4.27. The first kappa shape index (κ1) is 12.3. The van der Waals surface area contributed by atoms with Crippen molar-refractivity contribution in [3.05, 3.63) is 16.3 Å². The lowest BCUT2D eigenvalue weighted by Crippen LogP contribution is -2.33. The van der Waals surface area contributed by atoms with E-state index in [0.717, 1.165) is 17.5 Å². The van der Waals surface area contributed by atoms with E-state index in [-0.39, 0.29) is 0 Å². The summed E-state index contributed by atoms with van der Waals surface area (Å²) in [4.78, 5) is 1.28. The minimum Gasteiger partial charge on any atom is -0.398 e. The van der Waals surface area contributed by atoms with Crippen molar-refractivity contribution in [1.82, 2.24) is 5.32 Å². The lowest BCUT2D eigenvalue weighted by atomic mass is 10.2. The number of rotatable bonds is 5. The SMILES string of the molecule is CCSC1CCCC1NCc1sccc1N. The molecule has 1 aliphatic rings. The molecule has 1 saturated carbocycles. The van der Waals surface area contributed by atoms with Gasteiger partial charge in [-0.05, 0) is 30.0 Å². The molecular weight excluding hydrogens is 236 g/mol. The van der Waals surface area contributed by atoms with Crippen molar-refractivity contribution in [2.75, 3.05) is 11.5 Å². The van der Waals surface area contributed by atoms with Gasteiger partial charge >= 0.3 is 0 Å². The third-order valence-electron chi connectivity index (χ3n) is 3.14. The summed E-state index contributed by atoms with van der Waals surface area (Å²) in [5.74, 6) is 1.23. The van der Waals surface area contributed by atoms with Crippen LogP contribution in [0.5, 0.6) is 0 Å². The van der Waals surface area contributed by atoms with Gasteiger partial charge in [0.15, 0.2) is 0 Å². The fraction of sp³-hybridized carbons (Fsp3) is 0.667. The lowest BCUT2D eigenvalue weighted by molar-refractivity contribution is 0.535. The monoisotopic (exact) mass is 256 g/mol. The van der Waals surface area contributed by atoms with E-state index in [4.69, 9.17) is 5.73 Å². The second kappa shape index (κ2) is 5.94. The number of hydrogen-bond acceptors (Lipinski definition) is 4. The molecule has 0 saturated heterocycles. The Labute approximate surface area is 106 Å². The number of thiophene rings is 1. The average molecular weight is 256 g/mol. The van der Waals surface area contributed by atoms with Gasteiger partial charge in [0.1, 0.15) is 0 Å². The molecule has 0 aliphatic heterocycles. The van der Waals surface area contributed by atoms with Crippen LogP contribution in [0.4, 0.5) is 5.69 Å². The van der Waals surface area contributed by atoms with E-state index in [1.165, 1.54) is 29.9 Å². The highest BCUT2D eigenvalue weighted by Crippen LogP contribution is 2.30. The molecule has 0 amide bonds. The standard InChI is InChI=1S/C12H20N2S2/c1-2-15-11-5-3-4-10(11)14-8-12-9(13)6-7-16-12/h6-7,10-11,14H,2-5,8,13H2,1H3. The summed E-state index contributed by atoms with van der Waals surface area (Å²) in [6.45, 7) is 3.19. The number of nitrogens with two attached hydrogens (primary N) is 1. The van der Waals surface area contributed by atoms with Crippen LogP contribution in [0.2, 0.25) is 0 Å². The molecule has 1 aromatic heterocycles. The molecule has 0 radical (unpaired) electrons. The van der Waals surface area contributed by atoms with Gasteiger partial charge in [-0.15, -0.1) is 11.3 Å². The van der Waals surface area contributed by atoms with E-state index >= 15 is 0 Å². The molecule has 1 aliphatic carbocycles. The van der Waals surface area contributed by atoms with E-state index < -0.39 is 0 Å². The summed E-state index contributed by atoms with van der Waals surface area (Å²) < 4.78 is 0. The molecule has 0 bridgehead atoms. The topological polar surface area (TPSA) is 38.0 Å². The lowest BCUT2D eigenvalue weighted by Gasteiger charge is -2.19. The van der Waals surface area contributed by atoms with Crippen LogP contribution < -0.4 is 11.1 Å². The first-order chi connectivity index (χ1) is 7.81. The Hall–Kier alpha value is -0.190. The maximum atomic E-state index is 5.88. The van der Waals surface area contributed by atoms with Crippen LogP contribution >= 0.6 is 23.1 Å². The van der Waals surface area contributed by atoms with Crippen molar-refractivity contribution in [2.45, 2.75) is 44.0 Å². The summed E-state index contributed by atoms with van der Waals surface area (Å²) in [6, 6.07) is 2.68. The minimum absolute atomic E-state index is 0.687. The quantitative estimate of drug-likeness (QED) is 0.850. The van der Waals surface area contributed by atoms with Gasteiger partial charge in [-0.25, -0.2) is 0 Å². The van der Waals surface area contributed by atoms with Gasteiger partial charge in [-0.1, -0.05) is 13.3 Å². The molecule has 2 atom stereocenters. The molecule has 1 fully saturated rings. The Morgan fingerprint density at radius 1 is 1.56 bits per heavy atom. The highest BCUT2D eigenvalue weighted by atomic mass is 32.2. The summed E-state index contributed by atoms with van der Waals surface area (Å²) in [7, 11) is 0. The van der Waals surface area contributed by atoms with Crippen LogP contribution in [0, 0.1) is 0 Å². The predicted octanol–water partition coefficient (Wildman–Crippen LogP) is 3.09. The molecule has 3 N–H and O–H groups in total. The van der Waals surface area contributed by atoms with Gasteiger partial charge in [-0.3, -0.25) is 0 Å². The van der Waals surface area contributed by atoms with Crippen molar-refractivity contribution in [3.63, 3.8) is 0 Å². The molecule has 1 aromatic rings. The van der Waals surface area contributed by atoms with E-state index in [1.807, 2.05) is 6.07 Å². The summed E-state index contributed by atoms with van der Waals surface area (Å²) in [5, 5.41) is 6.55. The molecular formula is C12H20N2S2. The fourth-order valence-electron chi connectivity index (χ4n) is 2.29. The predicted molar refractivity (Wildman–Crippen MR) is 75.1 cm³/mol. The summed E-state index contributed by atoms with van der Waals surface area (Å²) >= 11 is 3.85. The number of nitrogens with one attached hydrogen (secondary N) is 1. The maximum Gasteiger partial charge on any atom is 0.0468 e. The van der Waals surface area contributed by atoms with Crippen LogP contribution in [0.25, 0.3) is 0 Å². The van der Waals surface area contributed by atoms with Gasteiger partial charge in [0.25, 0.3) is 0 Å². The molecule has 2 rings (SSSR count). The largest absolute Gasteiger partial charge is 0.398 e. The van der Waals surface area contributed by atoms with Gasteiger partial charge in [0, 0.05) is 28.4 Å². The van der Waals surface area contributed by atoms with Gasteiger partial charge in [0.2, 0.25) is 0 Å². The van der Waals surface area contributed by atoms with Gasteiger partial charge in [0.05, 0.1) is 0 Å². The summed E-state index contributed by atoms with van der Waals surface area (Å²) in [5.41, 5.74) is 6.82. The maximum absolute atomic E-state index is 5.88. The summed E-state index contributed by atoms with van der Waals surface area (Å²) in [6.07, 6.45) is 4.06. The Balaban J connectivity index is 1.83.